The maximum Gasteiger partial charge on any atom is 0.263 e. The average molecular weight is 319 g/mol. The van der Waals surface area contributed by atoms with Crippen LogP contribution in [-0.2, 0) is 11.3 Å². The zero-order chi connectivity index (χ0) is 15.9. The minimum atomic E-state index is -0.696. The lowest BCUT2D eigenvalue weighted by Gasteiger charge is -2.20. The number of benzene rings is 1. The second-order valence-electron chi connectivity index (χ2n) is 5.25. The normalized spacial score (nSPS) is 12.1. The zero-order valence-corrected chi connectivity index (χ0v) is 13.7. The highest BCUT2D eigenvalue weighted by Gasteiger charge is 2.16. The summed E-state index contributed by atoms with van der Waals surface area (Å²) in [6.07, 6.45) is -0.696. The van der Waals surface area contributed by atoms with Gasteiger partial charge in [-0.1, -0.05) is 30.3 Å². The van der Waals surface area contributed by atoms with Crippen molar-refractivity contribution in [3.8, 4) is 0 Å². The molecule has 0 aliphatic heterocycles. The van der Waals surface area contributed by atoms with E-state index in [4.69, 9.17) is 4.74 Å². The van der Waals surface area contributed by atoms with Crippen molar-refractivity contribution in [1.29, 1.82) is 0 Å². The van der Waals surface area contributed by atoms with Crippen LogP contribution in [0.4, 0.5) is 0 Å². The minimum absolute atomic E-state index is 0.0693. The third-order valence-electron chi connectivity index (χ3n) is 3.20. The molecule has 5 heteroatoms. The molecule has 1 heterocycles. The van der Waals surface area contributed by atoms with Crippen molar-refractivity contribution in [2.24, 2.45) is 0 Å². The van der Waals surface area contributed by atoms with E-state index in [0.717, 1.165) is 10.4 Å². The number of carbonyl (C=O) groups is 1. The molecule has 1 aromatic carbocycles. The molecule has 22 heavy (non-hydrogen) atoms. The first-order chi connectivity index (χ1) is 10.6. The van der Waals surface area contributed by atoms with Crippen LogP contribution in [0.2, 0.25) is 0 Å². The highest BCUT2D eigenvalue weighted by atomic mass is 32.1. The smallest absolute Gasteiger partial charge is 0.263 e. The van der Waals surface area contributed by atoms with Gasteiger partial charge >= 0.3 is 0 Å². The van der Waals surface area contributed by atoms with Gasteiger partial charge in [0.2, 0.25) is 0 Å². The van der Waals surface area contributed by atoms with E-state index in [2.05, 4.69) is 0 Å². The first-order valence-corrected chi connectivity index (χ1v) is 7.99. The molecule has 1 amide bonds. The molecule has 1 aromatic heterocycles. The van der Waals surface area contributed by atoms with Gasteiger partial charge in [-0.3, -0.25) is 4.79 Å². The van der Waals surface area contributed by atoms with Crippen LogP contribution in [-0.4, -0.2) is 42.2 Å². The van der Waals surface area contributed by atoms with E-state index < -0.39 is 6.10 Å². The van der Waals surface area contributed by atoms with Crippen LogP contribution in [0.25, 0.3) is 0 Å². The van der Waals surface area contributed by atoms with Gasteiger partial charge in [0, 0.05) is 18.5 Å². The molecule has 1 atom stereocenters. The highest BCUT2D eigenvalue weighted by Crippen LogP contribution is 2.16. The molecule has 1 unspecified atom stereocenters. The number of hydrogen-bond donors (Lipinski definition) is 1. The fraction of sp³-hybridized carbons (Fsp3) is 0.353. The van der Waals surface area contributed by atoms with Crippen molar-refractivity contribution in [2.75, 3.05) is 20.2 Å². The summed E-state index contributed by atoms with van der Waals surface area (Å²) < 4.78 is 5.49. The molecule has 1 N–H and O–H groups in total. The Kier molecular flexibility index (Phi) is 6.12. The van der Waals surface area contributed by atoms with Gasteiger partial charge in [0.05, 0.1) is 24.2 Å². The fourth-order valence-corrected chi connectivity index (χ4v) is 2.94. The molecule has 2 aromatic rings. The molecular formula is C17H21NO3S. The standard InChI is InChI=1S/C17H21NO3S/c1-13-8-9-16(22-13)17(20)18(2)10-15(19)12-21-11-14-6-4-3-5-7-14/h3-9,15,19H,10-12H2,1-2H3. The Bertz CT molecular complexity index is 597. The van der Waals surface area contributed by atoms with Gasteiger partial charge in [-0.15, -0.1) is 11.3 Å². The number of ether oxygens (including phenoxy) is 1. The summed E-state index contributed by atoms with van der Waals surface area (Å²) >= 11 is 1.46. The molecule has 0 fully saturated rings. The molecule has 0 aliphatic rings. The van der Waals surface area contributed by atoms with E-state index in [-0.39, 0.29) is 19.1 Å². The van der Waals surface area contributed by atoms with Crippen LogP contribution < -0.4 is 0 Å². The quantitative estimate of drug-likeness (QED) is 0.853. The van der Waals surface area contributed by atoms with E-state index in [1.807, 2.05) is 49.4 Å². The van der Waals surface area contributed by atoms with Crippen LogP contribution in [0.3, 0.4) is 0 Å². The Balaban J connectivity index is 1.74. The third-order valence-corrected chi connectivity index (χ3v) is 4.19. The van der Waals surface area contributed by atoms with Gasteiger partial charge in [0.25, 0.3) is 5.91 Å². The number of aliphatic hydroxyl groups excluding tert-OH is 1. The summed E-state index contributed by atoms with van der Waals surface area (Å²) in [5.41, 5.74) is 1.06. The van der Waals surface area contributed by atoms with Crippen LogP contribution in [0.1, 0.15) is 20.1 Å². The van der Waals surface area contributed by atoms with Gasteiger partial charge < -0.3 is 14.7 Å². The predicted molar refractivity (Wildman–Crippen MR) is 88.1 cm³/mol. The molecule has 0 aliphatic carbocycles. The maximum absolute atomic E-state index is 12.2. The predicted octanol–water partition coefficient (Wildman–Crippen LogP) is 2.71. The minimum Gasteiger partial charge on any atom is -0.389 e. The lowest BCUT2D eigenvalue weighted by atomic mass is 10.2. The summed E-state index contributed by atoms with van der Waals surface area (Å²) in [6.45, 7) is 2.88. The molecule has 0 radical (unpaired) electrons. The Morgan fingerprint density at radius 2 is 2.00 bits per heavy atom. The SMILES string of the molecule is Cc1ccc(C(=O)N(C)CC(O)COCc2ccccc2)s1. The number of hydrogen-bond acceptors (Lipinski definition) is 4. The van der Waals surface area contributed by atoms with Gasteiger partial charge in [-0.05, 0) is 24.6 Å². The van der Waals surface area contributed by atoms with Gasteiger partial charge in [-0.2, -0.15) is 0 Å². The second kappa shape index (κ2) is 8.08. The van der Waals surface area contributed by atoms with E-state index in [9.17, 15) is 9.90 Å². The number of carbonyl (C=O) groups excluding carboxylic acids is 1. The molecular weight excluding hydrogens is 298 g/mol. The monoisotopic (exact) mass is 319 g/mol. The Morgan fingerprint density at radius 1 is 1.27 bits per heavy atom. The highest BCUT2D eigenvalue weighted by molar-refractivity contribution is 7.13. The van der Waals surface area contributed by atoms with Crippen LogP contribution in [0.15, 0.2) is 42.5 Å². The van der Waals surface area contributed by atoms with E-state index in [0.29, 0.717) is 11.5 Å². The molecule has 118 valence electrons. The maximum atomic E-state index is 12.2. The first kappa shape index (κ1) is 16.7. The third kappa shape index (κ3) is 4.94. The summed E-state index contributed by atoms with van der Waals surface area (Å²) in [6, 6.07) is 13.5. The summed E-state index contributed by atoms with van der Waals surface area (Å²) in [4.78, 5) is 15.5. The number of thiophene rings is 1. The van der Waals surface area contributed by atoms with Crippen molar-refractivity contribution in [2.45, 2.75) is 19.6 Å². The average Bonchev–Trinajstić information content (AvgIpc) is 2.94. The lowest BCUT2D eigenvalue weighted by Crippen LogP contribution is -2.36. The number of aliphatic hydroxyl groups is 1. The zero-order valence-electron chi connectivity index (χ0n) is 12.9. The molecule has 0 saturated carbocycles. The van der Waals surface area contributed by atoms with Gasteiger partial charge in [0.15, 0.2) is 0 Å². The van der Waals surface area contributed by atoms with Gasteiger partial charge in [-0.25, -0.2) is 0 Å². The molecule has 0 saturated heterocycles. The number of likely N-dealkylation sites (N-methyl/N-ethyl adjacent to an activating group) is 1. The summed E-state index contributed by atoms with van der Waals surface area (Å²) in [7, 11) is 1.69. The number of nitrogens with zero attached hydrogens (tertiary/aromatic N) is 1. The summed E-state index contributed by atoms with van der Waals surface area (Å²) in [5, 5.41) is 9.98. The summed E-state index contributed by atoms with van der Waals surface area (Å²) in [5.74, 6) is -0.0693. The molecule has 4 nitrogen and oxygen atoms in total. The second-order valence-corrected chi connectivity index (χ2v) is 6.54. The fourth-order valence-electron chi connectivity index (χ4n) is 2.08. The van der Waals surface area contributed by atoms with Gasteiger partial charge in [0.1, 0.15) is 0 Å². The number of amides is 1. The molecule has 0 bridgehead atoms. The topological polar surface area (TPSA) is 49.8 Å². The van der Waals surface area contributed by atoms with E-state index in [1.54, 1.807) is 7.05 Å². The van der Waals surface area contributed by atoms with Crippen LogP contribution in [0, 0.1) is 6.92 Å². The van der Waals surface area contributed by atoms with Crippen LogP contribution in [0.5, 0.6) is 0 Å². The van der Waals surface area contributed by atoms with Crippen LogP contribution >= 0.6 is 11.3 Å². The van der Waals surface area contributed by atoms with E-state index >= 15 is 0 Å². The Morgan fingerprint density at radius 3 is 2.64 bits per heavy atom. The Hall–Kier alpha value is -1.69. The van der Waals surface area contributed by atoms with Crippen molar-refractivity contribution >= 4 is 17.2 Å². The number of aryl methyl sites for hydroxylation is 1. The molecule has 0 spiro atoms. The first-order valence-electron chi connectivity index (χ1n) is 7.18. The largest absolute Gasteiger partial charge is 0.389 e. The molecule has 2 rings (SSSR count). The number of rotatable bonds is 7. The van der Waals surface area contributed by atoms with Crippen molar-refractivity contribution in [3.63, 3.8) is 0 Å². The Labute approximate surface area is 135 Å². The van der Waals surface area contributed by atoms with E-state index in [1.165, 1.54) is 16.2 Å². The van der Waals surface area contributed by atoms with Crippen molar-refractivity contribution in [3.05, 3.63) is 57.8 Å². The van der Waals surface area contributed by atoms with Crippen molar-refractivity contribution in [1.82, 2.24) is 4.90 Å². The lowest BCUT2D eigenvalue weighted by molar-refractivity contribution is 0.0138. The van der Waals surface area contributed by atoms with Crippen molar-refractivity contribution < 1.29 is 14.6 Å².